The molecule has 0 aliphatic carbocycles. The van der Waals surface area contributed by atoms with Crippen LogP contribution in [0.25, 0.3) is 0 Å². The van der Waals surface area contributed by atoms with Crippen molar-refractivity contribution in [3.8, 4) is 6.07 Å². The predicted molar refractivity (Wildman–Crippen MR) is 56.9 cm³/mol. The monoisotopic (exact) mass is 220 g/mol. The molecule has 6 heteroatoms. The third-order valence-corrected chi connectivity index (χ3v) is 1.97. The summed E-state index contributed by atoms with van der Waals surface area (Å²) >= 11 is 0. The van der Waals surface area contributed by atoms with Gasteiger partial charge < -0.3 is 9.64 Å². The number of carbonyl (C=O) groups is 1. The van der Waals surface area contributed by atoms with E-state index in [0.29, 0.717) is 18.8 Å². The van der Waals surface area contributed by atoms with Gasteiger partial charge in [-0.1, -0.05) is 0 Å². The Kier molecular flexibility index (Phi) is 4.21. The molecule has 0 radical (unpaired) electrons. The van der Waals surface area contributed by atoms with Crippen LogP contribution in [-0.4, -0.2) is 36.6 Å². The average molecular weight is 220 g/mol. The van der Waals surface area contributed by atoms with Crippen molar-refractivity contribution < 1.29 is 9.53 Å². The van der Waals surface area contributed by atoms with Gasteiger partial charge in [-0.15, -0.1) is 0 Å². The fraction of sp³-hybridized carbons (Fsp3) is 0.400. The predicted octanol–water partition coefficient (Wildman–Crippen LogP) is 0.613. The molecule has 0 aliphatic heterocycles. The average Bonchev–Trinajstić information content (AvgIpc) is 2.35. The van der Waals surface area contributed by atoms with E-state index < -0.39 is 5.97 Å². The SMILES string of the molecule is COC(=O)c1cncc(N(C)CCC#N)n1. The summed E-state index contributed by atoms with van der Waals surface area (Å²) in [4.78, 5) is 20.9. The maximum Gasteiger partial charge on any atom is 0.358 e. The van der Waals surface area contributed by atoms with E-state index in [0.717, 1.165) is 0 Å². The summed E-state index contributed by atoms with van der Waals surface area (Å²) in [5.41, 5.74) is 0.156. The van der Waals surface area contributed by atoms with Gasteiger partial charge in [0.15, 0.2) is 5.69 Å². The summed E-state index contributed by atoms with van der Waals surface area (Å²) in [5, 5.41) is 8.46. The smallest absolute Gasteiger partial charge is 0.358 e. The second-order valence-corrected chi connectivity index (χ2v) is 3.08. The Morgan fingerprint density at radius 2 is 2.38 bits per heavy atom. The molecule has 0 saturated heterocycles. The molecule has 0 N–H and O–H groups in total. The van der Waals surface area contributed by atoms with Crippen LogP contribution in [-0.2, 0) is 4.74 Å². The first-order chi connectivity index (χ1) is 7.69. The van der Waals surface area contributed by atoms with Crippen LogP contribution in [0.3, 0.4) is 0 Å². The van der Waals surface area contributed by atoms with Gasteiger partial charge in [-0.05, 0) is 0 Å². The third kappa shape index (κ3) is 2.92. The van der Waals surface area contributed by atoms with Gasteiger partial charge in [-0.2, -0.15) is 5.26 Å². The molecule has 1 aromatic rings. The van der Waals surface area contributed by atoms with Gasteiger partial charge in [0.2, 0.25) is 0 Å². The molecule has 1 rings (SSSR count). The molecule has 0 aromatic carbocycles. The topological polar surface area (TPSA) is 79.1 Å². The minimum absolute atomic E-state index is 0.156. The summed E-state index contributed by atoms with van der Waals surface area (Å²) < 4.78 is 4.54. The summed E-state index contributed by atoms with van der Waals surface area (Å²) in [7, 11) is 3.07. The van der Waals surface area contributed by atoms with E-state index in [4.69, 9.17) is 5.26 Å². The molecule has 84 valence electrons. The molecule has 0 amide bonds. The molecule has 16 heavy (non-hydrogen) atoms. The molecular weight excluding hydrogens is 208 g/mol. The molecular formula is C10H12N4O2. The number of rotatable bonds is 4. The van der Waals surface area contributed by atoms with Gasteiger partial charge in [0.05, 0.1) is 32.0 Å². The number of nitriles is 1. The minimum atomic E-state index is -0.525. The Hall–Kier alpha value is -2.16. The molecule has 0 aliphatic rings. The molecule has 0 unspecified atom stereocenters. The Morgan fingerprint density at radius 1 is 1.62 bits per heavy atom. The lowest BCUT2D eigenvalue weighted by Crippen LogP contribution is -2.20. The van der Waals surface area contributed by atoms with Crippen molar-refractivity contribution in [1.29, 1.82) is 5.26 Å². The van der Waals surface area contributed by atoms with Gasteiger partial charge >= 0.3 is 5.97 Å². The van der Waals surface area contributed by atoms with E-state index >= 15 is 0 Å². The van der Waals surface area contributed by atoms with Crippen LogP contribution in [0.4, 0.5) is 5.82 Å². The molecule has 1 aromatic heterocycles. The summed E-state index contributed by atoms with van der Waals surface area (Å²) in [6, 6.07) is 2.04. The largest absolute Gasteiger partial charge is 0.464 e. The Balaban J connectivity index is 2.82. The Bertz CT molecular complexity index is 414. The fourth-order valence-electron chi connectivity index (χ4n) is 1.07. The molecule has 0 fully saturated rings. The highest BCUT2D eigenvalue weighted by atomic mass is 16.5. The van der Waals surface area contributed by atoms with Crippen LogP contribution in [0, 0.1) is 11.3 Å². The Labute approximate surface area is 93.5 Å². The first-order valence-electron chi connectivity index (χ1n) is 4.67. The van der Waals surface area contributed by atoms with Gasteiger partial charge in [-0.3, -0.25) is 4.98 Å². The highest BCUT2D eigenvalue weighted by molar-refractivity contribution is 5.87. The minimum Gasteiger partial charge on any atom is -0.464 e. The van der Waals surface area contributed by atoms with Crippen LogP contribution >= 0.6 is 0 Å². The van der Waals surface area contributed by atoms with E-state index in [9.17, 15) is 4.79 Å². The maximum absolute atomic E-state index is 11.2. The first kappa shape index (κ1) is 11.9. The number of aromatic nitrogens is 2. The zero-order valence-corrected chi connectivity index (χ0v) is 9.17. The molecule has 1 heterocycles. The van der Waals surface area contributed by atoms with E-state index in [1.165, 1.54) is 19.5 Å². The Morgan fingerprint density at radius 3 is 3.00 bits per heavy atom. The number of carbonyl (C=O) groups excluding carboxylic acids is 1. The van der Waals surface area contributed by atoms with Crippen molar-refractivity contribution in [2.24, 2.45) is 0 Å². The van der Waals surface area contributed by atoms with Crippen molar-refractivity contribution in [2.45, 2.75) is 6.42 Å². The molecule has 6 nitrogen and oxygen atoms in total. The molecule has 0 saturated carbocycles. The lowest BCUT2D eigenvalue weighted by Gasteiger charge is -2.15. The van der Waals surface area contributed by atoms with Crippen molar-refractivity contribution in [3.05, 3.63) is 18.1 Å². The van der Waals surface area contributed by atoms with Gasteiger partial charge in [0.1, 0.15) is 5.82 Å². The lowest BCUT2D eigenvalue weighted by molar-refractivity contribution is 0.0593. The maximum atomic E-state index is 11.2. The quantitative estimate of drug-likeness (QED) is 0.692. The van der Waals surface area contributed by atoms with E-state index in [2.05, 4.69) is 14.7 Å². The molecule has 0 spiro atoms. The number of ether oxygens (including phenoxy) is 1. The van der Waals surface area contributed by atoms with Crippen molar-refractivity contribution in [2.75, 3.05) is 25.6 Å². The van der Waals surface area contributed by atoms with Crippen LogP contribution in [0.5, 0.6) is 0 Å². The van der Waals surface area contributed by atoms with Gasteiger partial charge in [0, 0.05) is 13.6 Å². The van der Waals surface area contributed by atoms with Gasteiger partial charge in [-0.25, -0.2) is 9.78 Å². The van der Waals surface area contributed by atoms with Crippen molar-refractivity contribution in [1.82, 2.24) is 9.97 Å². The standard InChI is InChI=1S/C10H12N4O2/c1-14(5-3-4-11)9-7-12-6-8(13-9)10(15)16-2/h6-7H,3,5H2,1-2H3. The summed E-state index contributed by atoms with van der Waals surface area (Å²) in [6.45, 7) is 0.538. The molecule has 0 bridgehead atoms. The fourth-order valence-corrected chi connectivity index (χ4v) is 1.07. The number of anilines is 1. The summed E-state index contributed by atoms with van der Waals surface area (Å²) in [6.07, 6.45) is 3.26. The van der Waals surface area contributed by atoms with Crippen molar-refractivity contribution >= 4 is 11.8 Å². The summed E-state index contributed by atoms with van der Waals surface area (Å²) in [5.74, 6) is 0.0150. The zero-order valence-electron chi connectivity index (χ0n) is 9.17. The van der Waals surface area contributed by atoms with Crippen LogP contribution < -0.4 is 4.90 Å². The highest BCUT2D eigenvalue weighted by Gasteiger charge is 2.10. The van der Waals surface area contributed by atoms with Crippen molar-refractivity contribution in [3.63, 3.8) is 0 Å². The number of esters is 1. The van der Waals surface area contributed by atoms with Crippen LogP contribution in [0.1, 0.15) is 16.9 Å². The van der Waals surface area contributed by atoms with E-state index in [-0.39, 0.29) is 5.69 Å². The number of nitrogens with zero attached hydrogens (tertiary/aromatic N) is 4. The number of methoxy groups -OCH3 is 1. The number of hydrogen-bond donors (Lipinski definition) is 0. The van der Waals surface area contributed by atoms with E-state index in [1.54, 1.807) is 11.9 Å². The second-order valence-electron chi connectivity index (χ2n) is 3.08. The first-order valence-corrected chi connectivity index (χ1v) is 4.67. The highest BCUT2D eigenvalue weighted by Crippen LogP contribution is 2.08. The third-order valence-electron chi connectivity index (χ3n) is 1.97. The van der Waals surface area contributed by atoms with Crippen LogP contribution in [0.2, 0.25) is 0 Å². The zero-order chi connectivity index (χ0) is 12.0. The lowest BCUT2D eigenvalue weighted by atomic mass is 10.4. The second kappa shape index (κ2) is 5.66. The van der Waals surface area contributed by atoms with E-state index in [1.807, 2.05) is 6.07 Å². The van der Waals surface area contributed by atoms with Crippen LogP contribution in [0.15, 0.2) is 12.4 Å². The number of hydrogen-bond acceptors (Lipinski definition) is 6. The normalized spacial score (nSPS) is 9.31. The van der Waals surface area contributed by atoms with Gasteiger partial charge in [0.25, 0.3) is 0 Å². The molecule has 0 atom stereocenters.